The average Bonchev–Trinajstić information content (AvgIpc) is 2.99. The van der Waals surface area contributed by atoms with E-state index in [2.05, 4.69) is 10.3 Å². The topological polar surface area (TPSA) is 64.4 Å². The van der Waals surface area contributed by atoms with E-state index in [1.54, 1.807) is 7.11 Å². The van der Waals surface area contributed by atoms with Gasteiger partial charge in [-0.15, -0.1) is 0 Å². The first-order valence-corrected chi connectivity index (χ1v) is 8.40. The van der Waals surface area contributed by atoms with E-state index < -0.39 is 0 Å². The first-order chi connectivity index (χ1) is 12.1. The number of hydrogen-bond acceptors (Lipinski definition) is 4. The van der Waals surface area contributed by atoms with Crippen LogP contribution < -0.4 is 10.1 Å². The summed E-state index contributed by atoms with van der Waals surface area (Å²) in [4.78, 5) is 16.3. The van der Waals surface area contributed by atoms with Crippen molar-refractivity contribution in [3.63, 3.8) is 0 Å². The molecule has 0 unspecified atom stereocenters. The van der Waals surface area contributed by atoms with Crippen LogP contribution in [0.15, 0.2) is 46.9 Å². The number of nitrogens with one attached hydrogen (secondary N) is 1. The minimum Gasteiger partial charge on any atom is -0.497 e. The molecule has 130 valence electrons. The molecule has 0 aliphatic heterocycles. The number of aromatic nitrogens is 1. The zero-order chi connectivity index (χ0) is 17.6. The SMILES string of the molecule is COc1cccc(CCC(=O)NCCc2ccc3oc(C)nc3c2)c1. The second-order valence-electron chi connectivity index (χ2n) is 5.99. The van der Waals surface area contributed by atoms with E-state index >= 15 is 0 Å². The van der Waals surface area contributed by atoms with Crippen molar-refractivity contribution in [3.8, 4) is 5.75 Å². The third-order valence-electron chi connectivity index (χ3n) is 4.07. The van der Waals surface area contributed by atoms with Gasteiger partial charge in [-0.3, -0.25) is 4.79 Å². The Morgan fingerprint density at radius 3 is 2.84 bits per heavy atom. The molecular formula is C20H22N2O3. The van der Waals surface area contributed by atoms with Crippen LogP contribution in [0.5, 0.6) is 5.75 Å². The molecule has 1 amide bonds. The van der Waals surface area contributed by atoms with Crippen LogP contribution in [0.1, 0.15) is 23.4 Å². The van der Waals surface area contributed by atoms with E-state index in [4.69, 9.17) is 9.15 Å². The first kappa shape index (κ1) is 17.0. The minimum atomic E-state index is 0.0566. The van der Waals surface area contributed by atoms with E-state index in [0.717, 1.165) is 34.4 Å². The summed E-state index contributed by atoms with van der Waals surface area (Å²) in [5.41, 5.74) is 3.89. The van der Waals surface area contributed by atoms with E-state index in [0.29, 0.717) is 25.3 Å². The molecule has 1 aromatic heterocycles. The van der Waals surface area contributed by atoms with Crippen molar-refractivity contribution in [2.45, 2.75) is 26.2 Å². The van der Waals surface area contributed by atoms with E-state index in [1.165, 1.54) is 0 Å². The third kappa shape index (κ3) is 4.59. The normalized spacial score (nSPS) is 10.8. The largest absolute Gasteiger partial charge is 0.497 e. The molecule has 3 rings (SSSR count). The third-order valence-corrected chi connectivity index (χ3v) is 4.07. The second-order valence-corrected chi connectivity index (χ2v) is 5.99. The quantitative estimate of drug-likeness (QED) is 0.717. The molecule has 0 aliphatic rings. The van der Waals surface area contributed by atoms with Crippen LogP contribution in [-0.4, -0.2) is 24.5 Å². The number of hydrogen-bond donors (Lipinski definition) is 1. The number of amides is 1. The predicted molar refractivity (Wildman–Crippen MR) is 96.8 cm³/mol. The molecule has 0 bridgehead atoms. The number of benzene rings is 2. The van der Waals surface area contributed by atoms with Crippen molar-refractivity contribution in [1.82, 2.24) is 10.3 Å². The summed E-state index contributed by atoms with van der Waals surface area (Å²) in [6, 6.07) is 13.7. The highest BCUT2D eigenvalue weighted by atomic mass is 16.5. The van der Waals surface area contributed by atoms with Crippen LogP contribution in [0, 0.1) is 6.92 Å². The number of methoxy groups -OCH3 is 1. The zero-order valence-corrected chi connectivity index (χ0v) is 14.5. The lowest BCUT2D eigenvalue weighted by atomic mass is 10.1. The summed E-state index contributed by atoms with van der Waals surface area (Å²) in [5, 5.41) is 2.97. The Bertz CT molecular complexity index is 870. The van der Waals surface area contributed by atoms with Gasteiger partial charge in [0.25, 0.3) is 0 Å². The van der Waals surface area contributed by atoms with Gasteiger partial charge in [0.1, 0.15) is 11.3 Å². The van der Waals surface area contributed by atoms with Crippen LogP contribution in [0.2, 0.25) is 0 Å². The standard InChI is InChI=1S/C20H22N2O3/c1-14-22-18-13-16(6-8-19(18)25-14)10-11-21-20(23)9-7-15-4-3-5-17(12-15)24-2/h3-6,8,12-13H,7,9-11H2,1-2H3,(H,21,23). The number of fused-ring (bicyclic) bond motifs is 1. The Morgan fingerprint density at radius 2 is 2.00 bits per heavy atom. The molecular weight excluding hydrogens is 316 g/mol. The molecule has 0 spiro atoms. The van der Waals surface area contributed by atoms with Gasteiger partial charge >= 0.3 is 0 Å². The summed E-state index contributed by atoms with van der Waals surface area (Å²) in [7, 11) is 1.64. The van der Waals surface area contributed by atoms with Gasteiger partial charge in [0.15, 0.2) is 11.5 Å². The van der Waals surface area contributed by atoms with Gasteiger partial charge in [0.05, 0.1) is 7.11 Å². The van der Waals surface area contributed by atoms with Crippen LogP contribution in [0.4, 0.5) is 0 Å². The maximum absolute atomic E-state index is 12.0. The van der Waals surface area contributed by atoms with Gasteiger partial charge in [0.2, 0.25) is 5.91 Å². The number of carbonyl (C=O) groups is 1. The van der Waals surface area contributed by atoms with Crippen molar-refractivity contribution in [1.29, 1.82) is 0 Å². The van der Waals surface area contributed by atoms with Crippen molar-refractivity contribution in [2.24, 2.45) is 0 Å². The monoisotopic (exact) mass is 338 g/mol. The van der Waals surface area contributed by atoms with Crippen molar-refractivity contribution in [2.75, 3.05) is 13.7 Å². The van der Waals surface area contributed by atoms with E-state index in [1.807, 2.05) is 49.4 Å². The molecule has 5 nitrogen and oxygen atoms in total. The molecule has 0 fully saturated rings. The molecule has 0 aliphatic carbocycles. The molecule has 0 atom stereocenters. The van der Waals surface area contributed by atoms with Crippen molar-refractivity contribution in [3.05, 3.63) is 59.5 Å². The highest BCUT2D eigenvalue weighted by Crippen LogP contribution is 2.17. The number of carbonyl (C=O) groups excluding carboxylic acids is 1. The highest BCUT2D eigenvalue weighted by Gasteiger charge is 2.05. The summed E-state index contributed by atoms with van der Waals surface area (Å²) >= 11 is 0. The molecule has 0 radical (unpaired) electrons. The Kier molecular flexibility index (Phi) is 5.33. The van der Waals surface area contributed by atoms with Gasteiger partial charge in [-0.25, -0.2) is 4.98 Å². The Labute approximate surface area is 147 Å². The molecule has 25 heavy (non-hydrogen) atoms. The van der Waals surface area contributed by atoms with E-state index in [9.17, 15) is 4.79 Å². The number of aryl methyl sites for hydroxylation is 2. The van der Waals surface area contributed by atoms with Gasteiger partial charge in [-0.2, -0.15) is 0 Å². The Morgan fingerprint density at radius 1 is 1.16 bits per heavy atom. The molecule has 2 aromatic carbocycles. The Hall–Kier alpha value is -2.82. The molecule has 5 heteroatoms. The van der Waals surface area contributed by atoms with E-state index in [-0.39, 0.29) is 5.91 Å². The fraction of sp³-hybridized carbons (Fsp3) is 0.300. The van der Waals surface area contributed by atoms with Crippen LogP contribution in [-0.2, 0) is 17.6 Å². The molecule has 3 aromatic rings. The lowest BCUT2D eigenvalue weighted by Gasteiger charge is -2.07. The lowest BCUT2D eigenvalue weighted by molar-refractivity contribution is -0.121. The summed E-state index contributed by atoms with van der Waals surface area (Å²) in [6.07, 6.45) is 1.94. The molecule has 1 N–H and O–H groups in total. The van der Waals surface area contributed by atoms with Gasteiger partial charge in [0, 0.05) is 19.9 Å². The first-order valence-electron chi connectivity index (χ1n) is 8.40. The number of nitrogens with zero attached hydrogens (tertiary/aromatic N) is 1. The van der Waals surface area contributed by atoms with Crippen molar-refractivity contribution < 1.29 is 13.9 Å². The number of rotatable bonds is 7. The molecule has 0 saturated heterocycles. The van der Waals surface area contributed by atoms with Crippen LogP contribution in [0.25, 0.3) is 11.1 Å². The number of oxazole rings is 1. The summed E-state index contributed by atoms with van der Waals surface area (Å²) in [6.45, 7) is 2.45. The average molecular weight is 338 g/mol. The maximum Gasteiger partial charge on any atom is 0.220 e. The van der Waals surface area contributed by atoms with Crippen LogP contribution >= 0.6 is 0 Å². The fourth-order valence-corrected chi connectivity index (χ4v) is 2.76. The smallest absolute Gasteiger partial charge is 0.220 e. The highest BCUT2D eigenvalue weighted by molar-refractivity contribution is 5.76. The zero-order valence-electron chi connectivity index (χ0n) is 14.5. The minimum absolute atomic E-state index is 0.0566. The van der Waals surface area contributed by atoms with Gasteiger partial charge < -0.3 is 14.5 Å². The lowest BCUT2D eigenvalue weighted by Crippen LogP contribution is -2.25. The predicted octanol–water partition coefficient (Wildman–Crippen LogP) is 3.44. The van der Waals surface area contributed by atoms with Crippen molar-refractivity contribution >= 4 is 17.0 Å². The molecule has 1 heterocycles. The van der Waals surface area contributed by atoms with Crippen LogP contribution in [0.3, 0.4) is 0 Å². The van der Waals surface area contributed by atoms with Gasteiger partial charge in [-0.05, 0) is 48.2 Å². The summed E-state index contributed by atoms with van der Waals surface area (Å²) in [5.74, 6) is 1.54. The second kappa shape index (κ2) is 7.83. The van der Waals surface area contributed by atoms with Gasteiger partial charge in [-0.1, -0.05) is 18.2 Å². The number of ether oxygens (including phenoxy) is 1. The fourth-order valence-electron chi connectivity index (χ4n) is 2.76. The Balaban J connectivity index is 1.45. The summed E-state index contributed by atoms with van der Waals surface area (Å²) < 4.78 is 10.7. The maximum atomic E-state index is 12.0. The molecule has 0 saturated carbocycles.